The van der Waals surface area contributed by atoms with E-state index in [2.05, 4.69) is 10.3 Å². The number of aromatic nitrogens is 1. The Kier molecular flexibility index (Phi) is 10.6. The molecule has 39 heavy (non-hydrogen) atoms. The van der Waals surface area contributed by atoms with Crippen molar-refractivity contribution in [2.45, 2.75) is 50.5 Å². The summed E-state index contributed by atoms with van der Waals surface area (Å²) < 4.78 is 37.8. The number of nitrogens with one attached hydrogen (secondary N) is 2. The molecule has 0 aliphatic heterocycles. The minimum atomic E-state index is -4.18. The number of rotatable bonds is 12. The van der Waals surface area contributed by atoms with Crippen LogP contribution in [-0.4, -0.2) is 44.0 Å². The highest BCUT2D eigenvalue weighted by Gasteiger charge is 2.20. The molecule has 0 spiro atoms. The molecule has 0 aliphatic carbocycles. The van der Waals surface area contributed by atoms with E-state index in [1.807, 2.05) is 48.9 Å². The molecule has 0 radical (unpaired) electrons. The number of hydrogen-bond acceptors (Lipinski definition) is 8. The second-order valence-corrected chi connectivity index (χ2v) is 10.3. The van der Waals surface area contributed by atoms with Crippen molar-refractivity contribution >= 4 is 28.0 Å². The zero-order valence-electron chi connectivity index (χ0n) is 21.8. The minimum Gasteiger partial charge on any atom is -0.431 e. The van der Waals surface area contributed by atoms with Gasteiger partial charge in [-0.3, -0.25) is 9.59 Å². The summed E-state index contributed by atoms with van der Waals surface area (Å²) in [5.74, 6) is -1.12. The van der Waals surface area contributed by atoms with Crippen LogP contribution in [0.5, 0.6) is 5.88 Å². The third-order valence-electron chi connectivity index (χ3n) is 5.74. The summed E-state index contributed by atoms with van der Waals surface area (Å²) in [5.41, 5.74) is 1.53. The molecule has 1 heterocycles. The molecule has 11 heteroatoms. The summed E-state index contributed by atoms with van der Waals surface area (Å²) in [7, 11) is -4.18. The monoisotopic (exact) mass is 553 g/mol. The van der Waals surface area contributed by atoms with E-state index in [1.54, 1.807) is 12.1 Å². The molecule has 0 saturated heterocycles. The Bertz CT molecular complexity index is 1370. The highest BCUT2D eigenvalue weighted by molar-refractivity contribution is 7.90. The number of hydrogen-bond donors (Lipinski definition) is 2. The van der Waals surface area contributed by atoms with Crippen molar-refractivity contribution in [3.63, 3.8) is 0 Å². The second kappa shape index (κ2) is 14.1. The third-order valence-corrected chi connectivity index (χ3v) is 7.07. The van der Waals surface area contributed by atoms with Gasteiger partial charge in [0.1, 0.15) is 6.10 Å². The molecule has 2 N–H and O–H groups in total. The fourth-order valence-corrected chi connectivity index (χ4v) is 4.62. The van der Waals surface area contributed by atoms with Gasteiger partial charge in [-0.15, -0.1) is 0 Å². The number of benzene rings is 2. The van der Waals surface area contributed by atoms with Crippen LogP contribution >= 0.6 is 0 Å². The van der Waals surface area contributed by atoms with Gasteiger partial charge in [0.15, 0.2) is 0 Å². The van der Waals surface area contributed by atoms with Crippen LogP contribution in [0, 0.1) is 0 Å². The van der Waals surface area contributed by atoms with Gasteiger partial charge in [-0.05, 0) is 48.6 Å². The van der Waals surface area contributed by atoms with Crippen molar-refractivity contribution in [2.24, 2.45) is 0 Å². The number of nitrogens with zero attached hydrogens (tertiary/aromatic N) is 1. The van der Waals surface area contributed by atoms with Gasteiger partial charge in [-0.2, -0.15) is 0 Å². The predicted molar refractivity (Wildman–Crippen MR) is 144 cm³/mol. The van der Waals surface area contributed by atoms with Crippen LogP contribution in [0.1, 0.15) is 48.2 Å². The molecule has 3 aromatic rings. The number of sulfonamides is 1. The minimum absolute atomic E-state index is 0.0448. The SMILES string of the molecule is CCC(CC)OC(=O)Oc1ccc(C(=O)NS(=O)(=O)c2cccc(CCNC(=O)Cc3ccccc3)c2)cn1. The first-order chi connectivity index (χ1) is 18.7. The van der Waals surface area contributed by atoms with Crippen LogP contribution in [-0.2, 0) is 32.4 Å². The first-order valence-corrected chi connectivity index (χ1v) is 14.0. The zero-order chi connectivity index (χ0) is 28.3. The summed E-state index contributed by atoms with van der Waals surface area (Å²) in [6.45, 7) is 4.09. The van der Waals surface area contributed by atoms with E-state index >= 15 is 0 Å². The van der Waals surface area contributed by atoms with Crippen LogP contribution in [0.4, 0.5) is 4.79 Å². The number of carbonyl (C=O) groups excluding carboxylic acids is 3. The van der Waals surface area contributed by atoms with Crippen molar-refractivity contribution in [3.8, 4) is 5.88 Å². The number of amides is 2. The highest BCUT2D eigenvalue weighted by Crippen LogP contribution is 2.14. The normalized spacial score (nSPS) is 11.1. The van der Waals surface area contributed by atoms with Crippen LogP contribution in [0.25, 0.3) is 0 Å². The molecule has 2 aromatic carbocycles. The summed E-state index contributed by atoms with van der Waals surface area (Å²) in [6, 6.07) is 18.0. The Labute approximate surface area is 227 Å². The van der Waals surface area contributed by atoms with Crippen molar-refractivity contribution < 1.29 is 32.3 Å². The van der Waals surface area contributed by atoms with Crippen molar-refractivity contribution in [3.05, 3.63) is 89.6 Å². The quantitative estimate of drug-likeness (QED) is 0.323. The Balaban J connectivity index is 1.54. The highest BCUT2D eigenvalue weighted by atomic mass is 32.2. The van der Waals surface area contributed by atoms with Gasteiger partial charge in [0.05, 0.1) is 16.9 Å². The summed E-state index contributed by atoms with van der Waals surface area (Å²) in [4.78, 5) is 40.3. The van der Waals surface area contributed by atoms with Gasteiger partial charge in [0.25, 0.3) is 15.9 Å². The molecule has 0 bridgehead atoms. The van der Waals surface area contributed by atoms with Crippen molar-refractivity contribution in [2.75, 3.05) is 6.54 Å². The molecule has 0 unspecified atom stereocenters. The lowest BCUT2D eigenvalue weighted by molar-refractivity contribution is -0.120. The molecule has 10 nitrogen and oxygen atoms in total. The van der Waals surface area contributed by atoms with E-state index in [0.29, 0.717) is 31.4 Å². The molecule has 0 atom stereocenters. The smallest absolute Gasteiger partial charge is 0.431 e. The molecule has 1 aromatic heterocycles. The summed E-state index contributed by atoms with van der Waals surface area (Å²) >= 11 is 0. The van der Waals surface area contributed by atoms with Gasteiger partial charge in [-0.1, -0.05) is 56.3 Å². The molecule has 2 amide bonds. The lowest BCUT2D eigenvalue weighted by atomic mass is 10.1. The topological polar surface area (TPSA) is 141 Å². The van der Waals surface area contributed by atoms with Gasteiger partial charge in [-0.25, -0.2) is 22.9 Å². The Morgan fingerprint density at radius 2 is 1.64 bits per heavy atom. The van der Waals surface area contributed by atoms with Gasteiger partial charge >= 0.3 is 6.16 Å². The molecule has 0 saturated carbocycles. The van der Waals surface area contributed by atoms with E-state index < -0.39 is 22.1 Å². The first-order valence-electron chi connectivity index (χ1n) is 12.5. The Morgan fingerprint density at radius 3 is 2.31 bits per heavy atom. The molecule has 0 aliphatic rings. The van der Waals surface area contributed by atoms with Crippen molar-refractivity contribution in [1.82, 2.24) is 15.0 Å². The predicted octanol–water partition coefficient (Wildman–Crippen LogP) is 3.81. The fourth-order valence-electron chi connectivity index (χ4n) is 3.57. The lowest BCUT2D eigenvalue weighted by Crippen LogP contribution is -2.31. The van der Waals surface area contributed by atoms with Crippen LogP contribution < -0.4 is 14.8 Å². The van der Waals surface area contributed by atoms with Crippen LogP contribution in [0.15, 0.2) is 77.8 Å². The summed E-state index contributed by atoms with van der Waals surface area (Å²) in [6.07, 6.45) is 1.85. The van der Waals surface area contributed by atoms with E-state index in [-0.39, 0.29) is 34.8 Å². The van der Waals surface area contributed by atoms with Crippen molar-refractivity contribution in [1.29, 1.82) is 0 Å². The average Bonchev–Trinajstić information content (AvgIpc) is 2.92. The number of pyridine rings is 1. The molecular weight excluding hydrogens is 522 g/mol. The Hall–Kier alpha value is -4.25. The average molecular weight is 554 g/mol. The van der Waals surface area contributed by atoms with Crippen LogP contribution in [0.3, 0.4) is 0 Å². The number of carbonyl (C=O) groups is 3. The van der Waals surface area contributed by atoms with Gasteiger partial charge < -0.3 is 14.8 Å². The van der Waals surface area contributed by atoms with Gasteiger partial charge in [0, 0.05) is 18.8 Å². The summed E-state index contributed by atoms with van der Waals surface area (Å²) in [5, 5.41) is 2.82. The molecule has 3 rings (SSSR count). The Morgan fingerprint density at radius 1 is 0.923 bits per heavy atom. The third kappa shape index (κ3) is 9.22. The molecule has 206 valence electrons. The largest absolute Gasteiger partial charge is 0.515 e. The van der Waals surface area contributed by atoms with Gasteiger partial charge in [0.2, 0.25) is 11.8 Å². The fraction of sp³-hybridized carbons (Fsp3) is 0.286. The standard InChI is InChI=1S/C28H31N3O7S/c1-3-23(4-2)37-28(34)38-26-14-13-22(19-30-26)27(33)31-39(35,36)24-12-8-11-21(17-24)15-16-29-25(32)18-20-9-6-5-7-10-20/h5-14,17,19,23H,3-4,15-16,18H2,1-2H3,(H,29,32)(H,31,33). The maximum atomic E-state index is 12.8. The van der Waals surface area contributed by atoms with Crippen LogP contribution in [0.2, 0.25) is 0 Å². The second-order valence-electron chi connectivity index (χ2n) is 8.64. The lowest BCUT2D eigenvalue weighted by Gasteiger charge is -2.13. The van der Waals surface area contributed by atoms with E-state index in [9.17, 15) is 22.8 Å². The maximum absolute atomic E-state index is 12.8. The first kappa shape index (κ1) is 29.3. The van der Waals surface area contributed by atoms with E-state index in [0.717, 1.165) is 11.8 Å². The molecule has 0 fully saturated rings. The molecular formula is C28H31N3O7S. The van der Waals surface area contributed by atoms with E-state index in [1.165, 1.54) is 24.3 Å². The van der Waals surface area contributed by atoms with E-state index in [4.69, 9.17) is 9.47 Å². The number of ether oxygens (including phenoxy) is 2. The zero-order valence-corrected chi connectivity index (χ0v) is 22.6. The maximum Gasteiger partial charge on any atom is 0.515 e.